The van der Waals surface area contributed by atoms with Gasteiger partial charge in [0.25, 0.3) is 0 Å². The van der Waals surface area contributed by atoms with Crippen LogP contribution in [0.5, 0.6) is 11.5 Å². The van der Waals surface area contributed by atoms with Crippen molar-refractivity contribution in [1.29, 1.82) is 0 Å². The number of ether oxygens (including phenoxy) is 1. The number of nitrogens with two attached hydrogens (primary N) is 1. The summed E-state index contributed by atoms with van der Waals surface area (Å²) in [5.41, 5.74) is 6.48. The third kappa shape index (κ3) is 2.40. The Morgan fingerprint density at radius 1 is 1.22 bits per heavy atom. The molecule has 0 bridgehead atoms. The van der Waals surface area contributed by atoms with Gasteiger partial charge in [-0.3, -0.25) is 10.1 Å². The van der Waals surface area contributed by atoms with Gasteiger partial charge >= 0.3 is 5.69 Å². The van der Waals surface area contributed by atoms with Crippen molar-refractivity contribution >= 4 is 11.4 Å². The monoisotopic (exact) mass is 244 g/mol. The fourth-order valence-corrected chi connectivity index (χ4v) is 1.62. The summed E-state index contributed by atoms with van der Waals surface area (Å²) in [4.78, 5) is 10.4. The molecule has 0 amide bonds. The third-order valence-corrected chi connectivity index (χ3v) is 2.43. The molecule has 5 heteroatoms. The van der Waals surface area contributed by atoms with Gasteiger partial charge < -0.3 is 10.5 Å². The Hall–Kier alpha value is -2.56. The van der Waals surface area contributed by atoms with Crippen LogP contribution in [0.1, 0.15) is 5.56 Å². The van der Waals surface area contributed by atoms with Crippen LogP contribution in [0, 0.1) is 17.0 Å². The lowest BCUT2D eigenvalue weighted by molar-refractivity contribution is -0.384. The molecule has 0 heterocycles. The summed E-state index contributed by atoms with van der Waals surface area (Å²) in [6.45, 7) is 1.92. The summed E-state index contributed by atoms with van der Waals surface area (Å²) in [6, 6.07) is 11.9. The number of nitro groups is 1. The average Bonchev–Trinajstić information content (AvgIpc) is 2.28. The van der Waals surface area contributed by atoms with Gasteiger partial charge in [-0.25, -0.2) is 0 Å². The van der Waals surface area contributed by atoms with E-state index < -0.39 is 4.92 Å². The second kappa shape index (κ2) is 4.75. The molecule has 0 atom stereocenters. The van der Waals surface area contributed by atoms with Crippen molar-refractivity contribution in [2.75, 3.05) is 5.73 Å². The normalized spacial score (nSPS) is 10.1. The Kier molecular flexibility index (Phi) is 3.14. The van der Waals surface area contributed by atoms with E-state index in [4.69, 9.17) is 10.5 Å². The molecule has 2 aromatic rings. The molecule has 0 aromatic heterocycles. The van der Waals surface area contributed by atoms with Gasteiger partial charge in [-0.15, -0.1) is 0 Å². The first-order valence-corrected chi connectivity index (χ1v) is 5.35. The summed E-state index contributed by atoms with van der Waals surface area (Å²) in [5, 5.41) is 10.9. The Bertz CT molecular complexity index is 597. The molecule has 0 aliphatic carbocycles. The minimum absolute atomic E-state index is 0.0881. The van der Waals surface area contributed by atoms with Crippen LogP contribution in [-0.2, 0) is 0 Å². The maximum Gasteiger partial charge on any atom is 0.334 e. The van der Waals surface area contributed by atoms with Crippen LogP contribution in [-0.4, -0.2) is 4.92 Å². The molecule has 0 saturated carbocycles. The zero-order valence-electron chi connectivity index (χ0n) is 9.79. The number of aryl methyl sites for hydroxylation is 1. The number of benzene rings is 2. The van der Waals surface area contributed by atoms with Gasteiger partial charge in [0.1, 0.15) is 11.4 Å². The number of para-hydroxylation sites is 1. The first-order valence-electron chi connectivity index (χ1n) is 5.35. The fourth-order valence-electron chi connectivity index (χ4n) is 1.62. The SMILES string of the molecule is Cc1cccc(Oc2cccc(N)c2[N+](=O)[O-])c1. The van der Waals surface area contributed by atoms with Crippen molar-refractivity contribution in [2.24, 2.45) is 0 Å². The molecule has 0 saturated heterocycles. The van der Waals surface area contributed by atoms with E-state index in [0.717, 1.165) is 5.56 Å². The first kappa shape index (κ1) is 11.9. The molecule has 2 rings (SSSR count). The second-order valence-electron chi connectivity index (χ2n) is 3.87. The molecule has 92 valence electrons. The number of hydrogen-bond donors (Lipinski definition) is 1. The van der Waals surface area contributed by atoms with E-state index in [9.17, 15) is 10.1 Å². The van der Waals surface area contributed by atoms with Crippen LogP contribution in [0.2, 0.25) is 0 Å². The number of anilines is 1. The molecule has 2 aromatic carbocycles. The van der Waals surface area contributed by atoms with Crippen molar-refractivity contribution in [1.82, 2.24) is 0 Å². The highest BCUT2D eigenvalue weighted by molar-refractivity contribution is 5.66. The minimum Gasteiger partial charge on any atom is -0.450 e. The van der Waals surface area contributed by atoms with Gasteiger partial charge in [-0.2, -0.15) is 0 Å². The predicted molar refractivity (Wildman–Crippen MR) is 68.8 cm³/mol. The Morgan fingerprint density at radius 2 is 1.94 bits per heavy atom. The van der Waals surface area contributed by atoms with Crippen LogP contribution in [0.4, 0.5) is 11.4 Å². The Morgan fingerprint density at radius 3 is 2.61 bits per heavy atom. The van der Waals surface area contributed by atoms with Crippen LogP contribution in [0.25, 0.3) is 0 Å². The number of rotatable bonds is 3. The summed E-state index contributed by atoms with van der Waals surface area (Å²) in [6.07, 6.45) is 0. The molecule has 0 radical (unpaired) electrons. The molecule has 0 fully saturated rings. The third-order valence-electron chi connectivity index (χ3n) is 2.43. The number of nitrogens with zero attached hydrogens (tertiary/aromatic N) is 1. The van der Waals surface area contributed by atoms with Crippen molar-refractivity contribution < 1.29 is 9.66 Å². The van der Waals surface area contributed by atoms with E-state index >= 15 is 0 Å². The van der Waals surface area contributed by atoms with E-state index in [2.05, 4.69) is 0 Å². The molecule has 0 unspecified atom stereocenters. The second-order valence-corrected chi connectivity index (χ2v) is 3.87. The van der Waals surface area contributed by atoms with Gasteiger partial charge in [0.2, 0.25) is 5.75 Å². The number of nitrogen functional groups attached to an aromatic ring is 1. The minimum atomic E-state index is -0.541. The summed E-state index contributed by atoms with van der Waals surface area (Å²) in [5.74, 6) is 0.689. The standard InChI is InChI=1S/C13H12N2O3/c1-9-4-2-5-10(8-9)18-12-7-3-6-11(14)13(12)15(16)17/h2-8H,14H2,1H3. The lowest BCUT2D eigenvalue weighted by Gasteiger charge is -2.07. The average molecular weight is 244 g/mol. The molecule has 2 N–H and O–H groups in total. The van der Waals surface area contributed by atoms with Crippen LogP contribution < -0.4 is 10.5 Å². The highest BCUT2D eigenvalue weighted by Crippen LogP contribution is 2.35. The molecular formula is C13H12N2O3. The van der Waals surface area contributed by atoms with E-state index in [-0.39, 0.29) is 17.1 Å². The van der Waals surface area contributed by atoms with E-state index in [1.165, 1.54) is 12.1 Å². The molecule has 0 spiro atoms. The van der Waals surface area contributed by atoms with Crippen molar-refractivity contribution in [2.45, 2.75) is 6.92 Å². The zero-order valence-corrected chi connectivity index (χ0v) is 9.79. The quantitative estimate of drug-likeness (QED) is 0.510. The van der Waals surface area contributed by atoms with Crippen LogP contribution in [0.3, 0.4) is 0 Å². The molecule has 5 nitrogen and oxygen atoms in total. The van der Waals surface area contributed by atoms with Gasteiger partial charge in [0.15, 0.2) is 0 Å². The lowest BCUT2D eigenvalue weighted by Crippen LogP contribution is -1.98. The lowest BCUT2D eigenvalue weighted by atomic mass is 10.2. The summed E-state index contributed by atoms with van der Waals surface area (Å²) < 4.78 is 5.51. The maximum absolute atomic E-state index is 10.9. The fraction of sp³-hybridized carbons (Fsp3) is 0.0769. The summed E-state index contributed by atoms with van der Waals surface area (Å²) in [7, 11) is 0. The van der Waals surface area contributed by atoms with Crippen LogP contribution in [0.15, 0.2) is 42.5 Å². The van der Waals surface area contributed by atoms with Crippen molar-refractivity contribution in [3.05, 3.63) is 58.1 Å². The highest BCUT2D eigenvalue weighted by Gasteiger charge is 2.19. The maximum atomic E-state index is 10.9. The molecule has 0 aliphatic heterocycles. The van der Waals surface area contributed by atoms with E-state index in [1.807, 2.05) is 19.1 Å². The molecular weight excluding hydrogens is 232 g/mol. The Balaban J connectivity index is 2.40. The topological polar surface area (TPSA) is 78.4 Å². The van der Waals surface area contributed by atoms with Gasteiger partial charge in [0, 0.05) is 0 Å². The number of hydrogen-bond acceptors (Lipinski definition) is 4. The van der Waals surface area contributed by atoms with Gasteiger partial charge in [-0.05, 0) is 36.8 Å². The zero-order chi connectivity index (χ0) is 13.1. The van der Waals surface area contributed by atoms with Crippen molar-refractivity contribution in [3.8, 4) is 11.5 Å². The Labute approximate surface area is 104 Å². The van der Waals surface area contributed by atoms with Gasteiger partial charge in [-0.1, -0.05) is 18.2 Å². The molecule has 18 heavy (non-hydrogen) atoms. The smallest absolute Gasteiger partial charge is 0.334 e. The first-order chi connectivity index (χ1) is 8.58. The van der Waals surface area contributed by atoms with Crippen molar-refractivity contribution in [3.63, 3.8) is 0 Å². The van der Waals surface area contributed by atoms with Crippen LogP contribution >= 0.6 is 0 Å². The number of nitro benzene ring substituents is 1. The van der Waals surface area contributed by atoms with E-state index in [1.54, 1.807) is 18.2 Å². The van der Waals surface area contributed by atoms with Gasteiger partial charge in [0.05, 0.1) is 4.92 Å². The van der Waals surface area contributed by atoms with E-state index in [0.29, 0.717) is 5.75 Å². The summed E-state index contributed by atoms with van der Waals surface area (Å²) >= 11 is 0. The molecule has 0 aliphatic rings. The predicted octanol–water partition coefficient (Wildman–Crippen LogP) is 3.28. The largest absolute Gasteiger partial charge is 0.450 e. The highest BCUT2D eigenvalue weighted by atomic mass is 16.6.